The van der Waals surface area contributed by atoms with Gasteiger partial charge in [-0.2, -0.15) is 4.98 Å². The molecule has 0 aromatic carbocycles. The molecule has 9 nitrogen and oxygen atoms in total. The molecule has 18 heavy (non-hydrogen) atoms. The van der Waals surface area contributed by atoms with Crippen molar-refractivity contribution >= 4 is 17.1 Å². The molecule has 0 bridgehead atoms. The Balaban J connectivity index is 2.50. The minimum absolute atomic E-state index is 0.0330. The van der Waals surface area contributed by atoms with Crippen LogP contribution in [-0.2, 0) is 6.54 Å². The fraction of sp³-hybridized carbons (Fsp3) is 0.444. The second kappa shape index (κ2) is 4.05. The third-order valence-electron chi connectivity index (χ3n) is 2.57. The molecule has 1 atom stereocenters. The van der Waals surface area contributed by atoms with E-state index < -0.39 is 24.0 Å². The summed E-state index contributed by atoms with van der Waals surface area (Å²) in [5.41, 5.74) is 5.02. The average molecular weight is 255 g/mol. The Kier molecular flexibility index (Phi) is 2.81. The summed E-state index contributed by atoms with van der Waals surface area (Å²) in [6.45, 7) is 0.838. The summed E-state index contributed by atoms with van der Waals surface area (Å²) in [6, 6.07) is 0. The van der Waals surface area contributed by atoms with Gasteiger partial charge in [0, 0.05) is 0 Å². The highest BCUT2D eigenvalue weighted by Crippen LogP contribution is 2.13. The number of rotatable bonds is 3. The van der Waals surface area contributed by atoms with Crippen LogP contribution in [0.15, 0.2) is 11.1 Å². The van der Waals surface area contributed by atoms with E-state index in [1.54, 1.807) is 0 Å². The van der Waals surface area contributed by atoms with Crippen molar-refractivity contribution in [3.8, 4) is 0 Å². The van der Waals surface area contributed by atoms with Gasteiger partial charge >= 0.3 is 0 Å². The lowest BCUT2D eigenvalue weighted by atomic mass is 10.1. The number of anilines is 1. The summed E-state index contributed by atoms with van der Waals surface area (Å²) < 4.78 is 1.23. The maximum atomic E-state index is 11.5. The summed E-state index contributed by atoms with van der Waals surface area (Å²) >= 11 is 0. The van der Waals surface area contributed by atoms with Crippen molar-refractivity contribution in [1.29, 1.82) is 0 Å². The lowest BCUT2D eigenvalue weighted by Gasteiger charge is -2.24. The number of nitrogen functional groups attached to an aromatic ring is 1. The molecule has 0 radical (unpaired) electrons. The molecule has 1 unspecified atom stereocenters. The number of aromatic amines is 1. The van der Waals surface area contributed by atoms with Crippen molar-refractivity contribution in [2.24, 2.45) is 0 Å². The van der Waals surface area contributed by atoms with E-state index in [0.29, 0.717) is 0 Å². The molecule has 0 spiro atoms. The van der Waals surface area contributed by atoms with Gasteiger partial charge in [-0.25, -0.2) is 4.98 Å². The number of hydrogen-bond donors (Lipinski definition) is 5. The highest BCUT2D eigenvalue weighted by atomic mass is 16.5. The average Bonchev–Trinajstić information content (AvgIpc) is 2.61. The van der Waals surface area contributed by atoms with Gasteiger partial charge < -0.3 is 25.6 Å². The smallest absolute Gasteiger partial charge is 0.280 e. The summed E-state index contributed by atoms with van der Waals surface area (Å²) in [4.78, 5) is 21.4. The predicted octanol–water partition coefficient (Wildman–Crippen LogP) is -2.24. The molecule has 0 amide bonds. The molecular formula is C9H13N5O4. The van der Waals surface area contributed by atoms with Crippen LogP contribution in [0.5, 0.6) is 0 Å². The maximum absolute atomic E-state index is 11.5. The SMILES string of the molecule is CC(O)C(O)(O)Cn1cnc2c(=O)[nH]c(N)nc21. The Bertz CT molecular complexity index is 629. The van der Waals surface area contributed by atoms with Gasteiger partial charge in [0.25, 0.3) is 5.56 Å². The normalized spacial score (nSPS) is 14.0. The van der Waals surface area contributed by atoms with Gasteiger partial charge in [0.1, 0.15) is 6.10 Å². The van der Waals surface area contributed by atoms with Gasteiger partial charge in [0.2, 0.25) is 11.7 Å². The number of aliphatic hydroxyl groups excluding tert-OH is 1. The summed E-state index contributed by atoms with van der Waals surface area (Å²) in [7, 11) is 0. The van der Waals surface area contributed by atoms with Gasteiger partial charge in [0.15, 0.2) is 11.2 Å². The zero-order valence-corrected chi connectivity index (χ0v) is 9.53. The monoisotopic (exact) mass is 255 g/mol. The van der Waals surface area contributed by atoms with Crippen LogP contribution in [0.25, 0.3) is 11.2 Å². The van der Waals surface area contributed by atoms with E-state index in [0.717, 1.165) is 0 Å². The number of fused-ring (bicyclic) bond motifs is 1. The van der Waals surface area contributed by atoms with Crippen LogP contribution in [0.2, 0.25) is 0 Å². The summed E-state index contributed by atoms with van der Waals surface area (Å²) in [5.74, 6) is -2.46. The number of imidazole rings is 1. The van der Waals surface area contributed by atoms with Crippen molar-refractivity contribution in [2.75, 3.05) is 5.73 Å². The second-order valence-corrected chi connectivity index (χ2v) is 4.05. The lowest BCUT2D eigenvalue weighted by Crippen LogP contribution is -2.44. The van der Waals surface area contributed by atoms with Gasteiger partial charge in [-0.05, 0) is 6.92 Å². The largest absolute Gasteiger partial charge is 0.388 e. The van der Waals surface area contributed by atoms with Crippen molar-refractivity contribution in [1.82, 2.24) is 19.5 Å². The Labute approximate surface area is 101 Å². The fourth-order valence-electron chi connectivity index (χ4n) is 1.47. The van der Waals surface area contributed by atoms with E-state index in [-0.39, 0.29) is 17.1 Å². The van der Waals surface area contributed by atoms with Crippen molar-refractivity contribution in [3.63, 3.8) is 0 Å². The molecule has 0 aliphatic heterocycles. The first kappa shape index (κ1) is 12.5. The second-order valence-electron chi connectivity index (χ2n) is 4.05. The Morgan fingerprint density at radius 3 is 2.89 bits per heavy atom. The maximum Gasteiger partial charge on any atom is 0.280 e. The topological polar surface area (TPSA) is 150 Å². The molecule has 0 saturated carbocycles. The van der Waals surface area contributed by atoms with Crippen LogP contribution in [0.3, 0.4) is 0 Å². The summed E-state index contributed by atoms with van der Waals surface area (Å²) in [5, 5.41) is 28.4. The molecule has 2 rings (SSSR count). The van der Waals surface area contributed by atoms with Crippen LogP contribution >= 0.6 is 0 Å². The minimum atomic E-state index is -2.35. The fourth-order valence-corrected chi connectivity index (χ4v) is 1.47. The number of H-pyrrole nitrogens is 1. The number of nitrogens with two attached hydrogens (primary N) is 1. The van der Waals surface area contributed by atoms with E-state index in [1.807, 2.05) is 0 Å². The Morgan fingerprint density at radius 1 is 1.61 bits per heavy atom. The van der Waals surface area contributed by atoms with E-state index in [4.69, 9.17) is 5.73 Å². The van der Waals surface area contributed by atoms with Crippen LogP contribution in [0.1, 0.15) is 6.92 Å². The van der Waals surface area contributed by atoms with E-state index >= 15 is 0 Å². The first-order valence-corrected chi connectivity index (χ1v) is 5.14. The van der Waals surface area contributed by atoms with E-state index in [2.05, 4.69) is 15.0 Å². The number of nitrogens with one attached hydrogen (secondary N) is 1. The van der Waals surface area contributed by atoms with Crippen LogP contribution in [0, 0.1) is 0 Å². The van der Waals surface area contributed by atoms with Gasteiger partial charge in [-0.15, -0.1) is 0 Å². The first-order chi connectivity index (χ1) is 8.31. The van der Waals surface area contributed by atoms with E-state index in [9.17, 15) is 20.1 Å². The van der Waals surface area contributed by atoms with Gasteiger partial charge in [-0.3, -0.25) is 9.78 Å². The number of hydrogen-bond acceptors (Lipinski definition) is 7. The molecule has 2 aromatic heterocycles. The molecule has 0 aliphatic carbocycles. The zero-order valence-electron chi connectivity index (χ0n) is 9.53. The summed E-state index contributed by atoms with van der Waals surface area (Å²) in [6.07, 6.45) is -0.162. The van der Waals surface area contributed by atoms with Gasteiger partial charge in [0.05, 0.1) is 12.9 Å². The van der Waals surface area contributed by atoms with Crippen molar-refractivity contribution < 1.29 is 15.3 Å². The Morgan fingerprint density at radius 2 is 2.28 bits per heavy atom. The molecule has 0 fully saturated rings. The van der Waals surface area contributed by atoms with Crippen molar-refractivity contribution in [3.05, 3.63) is 16.7 Å². The quantitative estimate of drug-likeness (QED) is 0.389. The molecule has 98 valence electrons. The lowest BCUT2D eigenvalue weighted by molar-refractivity contribution is -0.227. The third-order valence-corrected chi connectivity index (χ3v) is 2.57. The highest BCUT2D eigenvalue weighted by Gasteiger charge is 2.31. The third kappa shape index (κ3) is 2.06. The molecule has 6 N–H and O–H groups in total. The molecule has 2 aromatic rings. The molecule has 2 heterocycles. The van der Waals surface area contributed by atoms with Crippen LogP contribution in [-0.4, -0.2) is 46.7 Å². The van der Waals surface area contributed by atoms with E-state index in [1.165, 1.54) is 17.8 Å². The predicted molar refractivity (Wildman–Crippen MR) is 61.4 cm³/mol. The number of aromatic nitrogens is 4. The molecule has 9 heteroatoms. The molecule has 0 saturated heterocycles. The standard InChI is InChI=1S/C9H13N5O4/c1-4(15)9(17,18)2-14-3-11-5-6(14)12-8(10)13-7(5)16/h3-4,15,17-18H,2H2,1H3,(H3,10,12,13,16). The zero-order chi connectivity index (χ0) is 13.5. The first-order valence-electron chi connectivity index (χ1n) is 5.14. The van der Waals surface area contributed by atoms with Crippen LogP contribution in [0.4, 0.5) is 5.95 Å². The molecular weight excluding hydrogens is 242 g/mol. The number of aliphatic hydroxyl groups is 3. The number of nitrogens with zero attached hydrogens (tertiary/aromatic N) is 3. The Hall–Kier alpha value is -1.97. The minimum Gasteiger partial charge on any atom is -0.388 e. The van der Waals surface area contributed by atoms with Crippen LogP contribution < -0.4 is 11.3 Å². The van der Waals surface area contributed by atoms with Gasteiger partial charge in [-0.1, -0.05) is 0 Å². The molecule has 0 aliphatic rings. The highest BCUT2D eigenvalue weighted by molar-refractivity contribution is 5.70. The van der Waals surface area contributed by atoms with Crippen molar-refractivity contribution in [2.45, 2.75) is 25.4 Å².